The minimum Gasteiger partial charge on any atom is -0.387 e. The van der Waals surface area contributed by atoms with Gasteiger partial charge in [0, 0.05) is 11.3 Å². The zero-order valence-corrected chi connectivity index (χ0v) is 13.5. The molecule has 0 aliphatic carbocycles. The summed E-state index contributed by atoms with van der Waals surface area (Å²) < 4.78 is 1.10. The molecule has 2 aromatic carbocycles. The Morgan fingerprint density at radius 3 is 2.55 bits per heavy atom. The first-order valence-electron chi connectivity index (χ1n) is 6.55. The van der Waals surface area contributed by atoms with Crippen molar-refractivity contribution in [3.8, 4) is 0 Å². The maximum atomic E-state index is 10.4. The van der Waals surface area contributed by atoms with E-state index >= 15 is 0 Å². The summed E-state index contributed by atoms with van der Waals surface area (Å²) in [5.74, 6) is 0. The summed E-state index contributed by atoms with van der Waals surface area (Å²) in [6, 6.07) is 16.7. The van der Waals surface area contributed by atoms with Crippen molar-refractivity contribution in [2.45, 2.75) is 19.4 Å². The SMILES string of the molecule is Cc1cc(C(O)Cc2ccc3ccccc3c2)sc1Br. The number of aliphatic hydroxyl groups excluding tert-OH is 1. The molecule has 0 spiro atoms. The molecule has 1 unspecified atom stereocenters. The quantitative estimate of drug-likeness (QED) is 0.686. The van der Waals surface area contributed by atoms with Crippen molar-refractivity contribution in [1.29, 1.82) is 0 Å². The average Bonchev–Trinajstić information content (AvgIpc) is 2.79. The third kappa shape index (κ3) is 2.80. The largest absolute Gasteiger partial charge is 0.387 e. The molecule has 0 aliphatic rings. The number of thiophene rings is 1. The number of halogens is 1. The fraction of sp³-hybridized carbons (Fsp3) is 0.176. The Labute approximate surface area is 131 Å². The topological polar surface area (TPSA) is 20.2 Å². The Bertz CT molecular complexity index is 728. The van der Waals surface area contributed by atoms with E-state index in [1.807, 2.05) is 19.1 Å². The highest BCUT2D eigenvalue weighted by Gasteiger charge is 2.13. The van der Waals surface area contributed by atoms with Crippen LogP contribution in [-0.4, -0.2) is 5.11 Å². The fourth-order valence-electron chi connectivity index (χ4n) is 2.34. The molecule has 1 heterocycles. The van der Waals surface area contributed by atoms with E-state index in [2.05, 4.69) is 52.3 Å². The number of aryl methyl sites for hydroxylation is 1. The van der Waals surface area contributed by atoms with Gasteiger partial charge in [0.25, 0.3) is 0 Å². The molecule has 0 saturated carbocycles. The Balaban J connectivity index is 1.85. The molecule has 0 fully saturated rings. The Kier molecular flexibility index (Phi) is 3.92. The summed E-state index contributed by atoms with van der Waals surface area (Å²) in [5.41, 5.74) is 2.35. The lowest BCUT2D eigenvalue weighted by atomic mass is 10.0. The van der Waals surface area contributed by atoms with Crippen molar-refractivity contribution in [3.05, 3.63) is 68.3 Å². The predicted octanol–water partition coefficient (Wildman–Crippen LogP) is 5.25. The number of hydrogen-bond donors (Lipinski definition) is 1. The summed E-state index contributed by atoms with van der Waals surface area (Å²) in [5, 5.41) is 12.8. The van der Waals surface area contributed by atoms with Crippen molar-refractivity contribution in [3.63, 3.8) is 0 Å². The second kappa shape index (κ2) is 5.68. The van der Waals surface area contributed by atoms with Crippen LogP contribution in [0.15, 0.2) is 52.3 Å². The smallest absolute Gasteiger partial charge is 0.0922 e. The number of fused-ring (bicyclic) bond motifs is 1. The first kappa shape index (κ1) is 13.8. The van der Waals surface area contributed by atoms with E-state index in [1.165, 1.54) is 21.9 Å². The minimum atomic E-state index is -0.439. The predicted molar refractivity (Wildman–Crippen MR) is 89.4 cm³/mol. The Morgan fingerprint density at radius 2 is 1.85 bits per heavy atom. The summed E-state index contributed by atoms with van der Waals surface area (Å²) in [7, 11) is 0. The second-order valence-electron chi connectivity index (χ2n) is 5.01. The molecule has 1 atom stereocenters. The summed E-state index contributed by atoms with van der Waals surface area (Å²) in [6.07, 6.45) is 0.211. The summed E-state index contributed by atoms with van der Waals surface area (Å²) >= 11 is 5.12. The van der Waals surface area contributed by atoms with Gasteiger partial charge in [-0.3, -0.25) is 0 Å². The van der Waals surface area contributed by atoms with Crippen LogP contribution in [0.5, 0.6) is 0 Å². The normalized spacial score (nSPS) is 12.8. The molecule has 1 aromatic heterocycles. The third-order valence-corrected chi connectivity index (χ3v) is 5.69. The molecule has 0 aliphatic heterocycles. The van der Waals surface area contributed by atoms with Crippen LogP contribution >= 0.6 is 27.3 Å². The van der Waals surface area contributed by atoms with Crippen molar-refractivity contribution in [2.75, 3.05) is 0 Å². The molecule has 0 radical (unpaired) electrons. The van der Waals surface area contributed by atoms with Crippen molar-refractivity contribution in [2.24, 2.45) is 0 Å². The molecule has 20 heavy (non-hydrogen) atoms. The second-order valence-corrected chi connectivity index (χ2v) is 7.41. The molecule has 1 nitrogen and oxygen atoms in total. The van der Waals surface area contributed by atoms with Crippen LogP contribution in [0.4, 0.5) is 0 Å². The van der Waals surface area contributed by atoms with Crippen molar-refractivity contribution in [1.82, 2.24) is 0 Å². The van der Waals surface area contributed by atoms with E-state index < -0.39 is 6.10 Å². The first-order chi connectivity index (χ1) is 9.63. The van der Waals surface area contributed by atoms with E-state index in [1.54, 1.807) is 11.3 Å². The minimum absolute atomic E-state index is 0.439. The number of benzene rings is 2. The lowest BCUT2D eigenvalue weighted by Gasteiger charge is -2.09. The first-order valence-corrected chi connectivity index (χ1v) is 8.16. The van der Waals surface area contributed by atoms with Gasteiger partial charge in [-0.05, 0) is 50.8 Å². The summed E-state index contributed by atoms with van der Waals surface area (Å²) in [4.78, 5) is 1.02. The maximum Gasteiger partial charge on any atom is 0.0922 e. The van der Waals surface area contributed by atoms with Crippen LogP contribution in [0.3, 0.4) is 0 Å². The van der Waals surface area contributed by atoms with Crippen LogP contribution in [0.25, 0.3) is 10.8 Å². The molecule has 0 bridgehead atoms. The summed E-state index contributed by atoms with van der Waals surface area (Å²) in [6.45, 7) is 2.05. The van der Waals surface area contributed by atoms with E-state index in [0.717, 1.165) is 8.66 Å². The number of aliphatic hydroxyl groups is 1. The van der Waals surface area contributed by atoms with E-state index in [0.29, 0.717) is 6.42 Å². The van der Waals surface area contributed by atoms with Crippen LogP contribution in [0.2, 0.25) is 0 Å². The van der Waals surface area contributed by atoms with Gasteiger partial charge < -0.3 is 5.11 Å². The number of rotatable bonds is 3. The van der Waals surface area contributed by atoms with E-state index in [9.17, 15) is 5.11 Å². The average molecular weight is 347 g/mol. The molecule has 3 rings (SSSR count). The van der Waals surface area contributed by atoms with Crippen LogP contribution in [0.1, 0.15) is 22.1 Å². The number of hydrogen-bond acceptors (Lipinski definition) is 2. The van der Waals surface area contributed by atoms with Gasteiger partial charge >= 0.3 is 0 Å². The van der Waals surface area contributed by atoms with Gasteiger partial charge in [-0.2, -0.15) is 0 Å². The van der Waals surface area contributed by atoms with Crippen LogP contribution in [0, 0.1) is 6.92 Å². The lowest BCUT2D eigenvalue weighted by Crippen LogP contribution is -1.99. The monoisotopic (exact) mass is 346 g/mol. The molecule has 0 amide bonds. The van der Waals surface area contributed by atoms with Crippen molar-refractivity contribution < 1.29 is 5.11 Å². The Hall–Kier alpha value is -1.16. The lowest BCUT2D eigenvalue weighted by molar-refractivity contribution is 0.182. The van der Waals surface area contributed by atoms with E-state index in [-0.39, 0.29) is 0 Å². The third-order valence-electron chi connectivity index (χ3n) is 3.45. The molecule has 3 heteroatoms. The fourth-order valence-corrected chi connectivity index (χ4v) is 3.89. The van der Waals surface area contributed by atoms with Gasteiger partial charge in [-0.1, -0.05) is 42.5 Å². The molecule has 1 N–H and O–H groups in total. The standard InChI is InChI=1S/C17H15BrOS/c1-11-8-16(20-17(11)18)15(19)10-12-6-7-13-4-2-3-5-14(13)9-12/h2-9,15,19H,10H2,1H3. The maximum absolute atomic E-state index is 10.4. The highest BCUT2D eigenvalue weighted by atomic mass is 79.9. The van der Waals surface area contributed by atoms with Gasteiger partial charge in [0.1, 0.15) is 0 Å². The van der Waals surface area contributed by atoms with Gasteiger partial charge in [0.2, 0.25) is 0 Å². The molecule has 102 valence electrons. The molecular weight excluding hydrogens is 332 g/mol. The molecule has 0 saturated heterocycles. The van der Waals surface area contributed by atoms with Crippen LogP contribution in [-0.2, 0) is 6.42 Å². The Morgan fingerprint density at radius 1 is 1.10 bits per heavy atom. The van der Waals surface area contributed by atoms with E-state index in [4.69, 9.17) is 0 Å². The van der Waals surface area contributed by atoms with Gasteiger partial charge in [-0.15, -0.1) is 11.3 Å². The van der Waals surface area contributed by atoms with Crippen molar-refractivity contribution >= 4 is 38.0 Å². The molecular formula is C17H15BrOS. The highest BCUT2D eigenvalue weighted by Crippen LogP contribution is 2.33. The zero-order valence-electron chi connectivity index (χ0n) is 11.1. The highest BCUT2D eigenvalue weighted by molar-refractivity contribution is 9.11. The van der Waals surface area contributed by atoms with Gasteiger partial charge in [0.05, 0.1) is 9.89 Å². The zero-order chi connectivity index (χ0) is 14.1. The van der Waals surface area contributed by atoms with Gasteiger partial charge in [-0.25, -0.2) is 0 Å². The van der Waals surface area contributed by atoms with Gasteiger partial charge in [0.15, 0.2) is 0 Å². The van der Waals surface area contributed by atoms with Crippen LogP contribution < -0.4 is 0 Å². The molecule has 3 aromatic rings.